The number of amides is 4. The lowest BCUT2D eigenvalue weighted by atomic mass is 9.77. The molecule has 1 heterocycles. The summed E-state index contributed by atoms with van der Waals surface area (Å²) in [6, 6.07) is 43.2. The van der Waals surface area contributed by atoms with Gasteiger partial charge in [-0.15, -0.1) is 0 Å². The molecule has 1 aliphatic heterocycles. The summed E-state index contributed by atoms with van der Waals surface area (Å²) in [6.45, 7) is 4.63. The van der Waals surface area contributed by atoms with Crippen molar-refractivity contribution in [3.05, 3.63) is 179 Å². The van der Waals surface area contributed by atoms with Gasteiger partial charge < -0.3 is 29.7 Å². The van der Waals surface area contributed by atoms with Gasteiger partial charge in [0.25, 0.3) is 0 Å². The predicted octanol–water partition coefficient (Wildman–Crippen LogP) is 7.75. The molecule has 0 aromatic heterocycles. The van der Waals surface area contributed by atoms with Gasteiger partial charge in [0, 0.05) is 25.9 Å². The lowest BCUT2D eigenvalue weighted by Gasteiger charge is -2.38. The molecule has 0 radical (unpaired) electrons. The van der Waals surface area contributed by atoms with E-state index in [0.29, 0.717) is 12.0 Å². The normalized spacial score (nSPS) is 15.2. The lowest BCUT2D eigenvalue weighted by molar-refractivity contribution is -0.156. The highest BCUT2D eigenvalue weighted by Gasteiger charge is 2.47. The Morgan fingerprint density at radius 2 is 1.20 bits per heavy atom. The standard InChI is InChI=1S/C53H58N4O9/c1-52(2,3)66-50(62)54-43-34-45(57(36-43)51(63)65-37-39-22-12-6-13-23-39)48(60)56(33-32-44(58)31-30-38-20-10-5-11-21-38)46(49(61)64-4)35-47(59)55-53(40-24-14-7-15-25-40,41-26-16-8-17-27-41)42-28-18-9-19-29-42/h5-29,43,45-46H,30-37H2,1-4H3,(H,54,62)(H,55,59)/t43-,45+,46-/m1/s1. The number of methoxy groups -OCH3 is 1. The number of benzene rings is 5. The number of likely N-dealkylation sites (tertiary alicyclic amines) is 1. The van der Waals surface area contributed by atoms with E-state index >= 15 is 4.79 Å². The van der Waals surface area contributed by atoms with Crippen molar-refractivity contribution in [2.24, 2.45) is 0 Å². The summed E-state index contributed by atoms with van der Waals surface area (Å²) in [6.07, 6.45) is -1.80. The molecule has 0 spiro atoms. The molecule has 344 valence electrons. The van der Waals surface area contributed by atoms with Crippen molar-refractivity contribution in [2.75, 3.05) is 20.2 Å². The number of carbonyl (C=O) groups is 6. The van der Waals surface area contributed by atoms with Gasteiger partial charge in [-0.2, -0.15) is 0 Å². The van der Waals surface area contributed by atoms with Crippen molar-refractivity contribution in [3.63, 3.8) is 0 Å². The highest BCUT2D eigenvalue weighted by atomic mass is 16.6. The molecule has 3 atom stereocenters. The number of nitrogens with zero attached hydrogens (tertiary/aromatic N) is 2. The fourth-order valence-corrected chi connectivity index (χ4v) is 8.24. The largest absolute Gasteiger partial charge is 0.467 e. The number of alkyl carbamates (subject to hydrolysis) is 1. The fourth-order valence-electron chi connectivity index (χ4n) is 8.24. The van der Waals surface area contributed by atoms with Gasteiger partial charge in [0.05, 0.1) is 19.6 Å². The van der Waals surface area contributed by atoms with Gasteiger partial charge in [-0.1, -0.05) is 152 Å². The van der Waals surface area contributed by atoms with Gasteiger partial charge >= 0.3 is 18.2 Å². The predicted molar refractivity (Wildman–Crippen MR) is 249 cm³/mol. The molecule has 5 aromatic carbocycles. The molecule has 6 rings (SSSR count). The topological polar surface area (TPSA) is 161 Å². The number of ketones is 1. The number of Topliss-reactive ketones (excluding diaryl/α,β-unsaturated/α-hetero) is 1. The highest BCUT2D eigenvalue weighted by molar-refractivity contribution is 5.94. The second-order valence-corrected chi connectivity index (χ2v) is 17.2. The van der Waals surface area contributed by atoms with E-state index < -0.39 is 65.7 Å². The first kappa shape index (κ1) is 48.2. The van der Waals surface area contributed by atoms with Crippen LogP contribution < -0.4 is 10.6 Å². The summed E-state index contributed by atoms with van der Waals surface area (Å²) in [5.41, 5.74) is 1.80. The molecule has 5 aromatic rings. The quantitative estimate of drug-likeness (QED) is 0.0509. The van der Waals surface area contributed by atoms with Gasteiger partial charge in [-0.25, -0.2) is 14.4 Å². The summed E-state index contributed by atoms with van der Waals surface area (Å²) < 4.78 is 16.5. The molecule has 13 nitrogen and oxygen atoms in total. The van der Waals surface area contributed by atoms with Crippen LogP contribution in [0.3, 0.4) is 0 Å². The first-order chi connectivity index (χ1) is 31.8. The van der Waals surface area contributed by atoms with E-state index in [9.17, 15) is 24.0 Å². The maximum absolute atomic E-state index is 15.3. The molecule has 0 saturated carbocycles. The van der Waals surface area contributed by atoms with Gasteiger partial charge in [-0.05, 0) is 61.4 Å². The van der Waals surface area contributed by atoms with Crippen LogP contribution in [-0.2, 0) is 52.0 Å². The Bertz CT molecular complexity index is 2300. The zero-order valence-corrected chi connectivity index (χ0v) is 37.9. The Morgan fingerprint density at radius 3 is 1.70 bits per heavy atom. The maximum atomic E-state index is 15.3. The van der Waals surface area contributed by atoms with Crippen molar-refractivity contribution in [1.82, 2.24) is 20.4 Å². The molecule has 66 heavy (non-hydrogen) atoms. The van der Waals surface area contributed by atoms with E-state index in [4.69, 9.17) is 14.2 Å². The molecular weight excluding hydrogens is 837 g/mol. The highest BCUT2D eigenvalue weighted by Crippen LogP contribution is 2.37. The van der Waals surface area contributed by atoms with Crippen LogP contribution in [0.4, 0.5) is 9.59 Å². The zero-order chi connectivity index (χ0) is 47.1. The molecule has 0 aliphatic carbocycles. The molecule has 0 bridgehead atoms. The molecule has 2 N–H and O–H groups in total. The average Bonchev–Trinajstić information content (AvgIpc) is 3.75. The zero-order valence-electron chi connectivity index (χ0n) is 37.9. The number of aryl methyl sites for hydroxylation is 1. The number of hydrogen-bond donors (Lipinski definition) is 2. The number of hydrogen-bond acceptors (Lipinski definition) is 9. The second-order valence-electron chi connectivity index (χ2n) is 17.2. The van der Waals surface area contributed by atoms with Crippen LogP contribution in [0.25, 0.3) is 0 Å². The minimum Gasteiger partial charge on any atom is -0.467 e. The fraction of sp³-hybridized carbons (Fsp3) is 0.321. The van der Waals surface area contributed by atoms with Crippen LogP contribution in [0.15, 0.2) is 152 Å². The number of esters is 1. The lowest BCUT2D eigenvalue weighted by Crippen LogP contribution is -2.56. The molecule has 1 saturated heterocycles. The summed E-state index contributed by atoms with van der Waals surface area (Å²) in [5, 5.41) is 6.04. The number of carbonyl (C=O) groups excluding carboxylic acids is 6. The Hall–Kier alpha value is -7.28. The molecule has 1 aliphatic rings. The van der Waals surface area contributed by atoms with E-state index in [2.05, 4.69) is 10.6 Å². The van der Waals surface area contributed by atoms with Gasteiger partial charge in [0.1, 0.15) is 35.6 Å². The van der Waals surface area contributed by atoms with Crippen molar-refractivity contribution >= 4 is 35.8 Å². The van der Waals surface area contributed by atoms with Crippen molar-refractivity contribution in [2.45, 2.75) is 88.7 Å². The van der Waals surface area contributed by atoms with Crippen molar-refractivity contribution in [3.8, 4) is 0 Å². The Labute approximate surface area is 386 Å². The van der Waals surface area contributed by atoms with Crippen molar-refractivity contribution < 1.29 is 43.0 Å². The number of rotatable bonds is 18. The third-order valence-electron chi connectivity index (χ3n) is 11.4. The van der Waals surface area contributed by atoms with Gasteiger partial charge in [0.2, 0.25) is 11.8 Å². The Kier molecular flexibility index (Phi) is 16.5. The molecule has 13 heteroatoms. The SMILES string of the molecule is COC(=O)[C@@H](CC(=O)NC(c1ccccc1)(c1ccccc1)c1ccccc1)N(CCC(=O)CCc1ccccc1)C(=O)[C@@H]1C[C@@H](NC(=O)OC(C)(C)C)CN1C(=O)OCc1ccccc1. The van der Waals surface area contributed by atoms with Crippen LogP contribution in [0.5, 0.6) is 0 Å². The summed E-state index contributed by atoms with van der Waals surface area (Å²) >= 11 is 0. The smallest absolute Gasteiger partial charge is 0.410 e. The van der Waals surface area contributed by atoms with Crippen LogP contribution in [0.2, 0.25) is 0 Å². The van der Waals surface area contributed by atoms with E-state index in [1.165, 1.54) is 9.80 Å². The first-order valence-electron chi connectivity index (χ1n) is 22.2. The van der Waals surface area contributed by atoms with Crippen LogP contribution in [0, 0.1) is 0 Å². The number of nitrogens with one attached hydrogen (secondary N) is 2. The van der Waals surface area contributed by atoms with Gasteiger partial charge in [0.15, 0.2) is 0 Å². The Morgan fingerprint density at radius 1 is 0.697 bits per heavy atom. The van der Waals surface area contributed by atoms with E-state index in [1.54, 1.807) is 45.0 Å². The van der Waals surface area contributed by atoms with Crippen LogP contribution >= 0.6 is 0 Å². The first-order valence-corrected chi connectivity index (χ1v) is 22.2. The van der Waals surface area contributed by atoms with E-state index in [-0.39, 0.29) is 44.7 Å². The minimum atomic E-state index is -1.55. The summed E-state index contributed by atoms with van der Waals surface area (Å²) in [7, 11) is 1.16. The van der Waals surface area contributed by atoms with Crippen molar-refractivity contribution in [1.29, 1.82) is 0 Å². The van der Waals surface area contributed by atoms with E-state index in [0.717, 1.165) is 29.4 Å². The molecule has 0 unspecified atom stereocenters. The van der Waals surface area contributed by atoms with Crippen LogP contribution in [0.1, 0.15) is 74.3 Å². The molecule has 1 fully saturated rings. The summed E-state index contributed by atoms with van der Waals surface area (Å²) in [4.78, 5) is 87.2. The third-order valence-corrected chi connectivity index (χ3v) is 11.4. The monoisotopic (exact) mass is 894 g/mol. The molecule has 4 amide bonds. The minimum absolute atomic E-state index is 0.0871. The van der Waals surface area contributed by atoms with E-state index in [1.807, 2.05) is 127 Å². The maximum Gasteiger partial charge on any atom is 0.410 e. The average molecular weight is 895 g/mol. The third kappa shape index (κ3) is 12.7. The molecular formula is C53H58N4O9. The second kappa shape index (κ2) is 22.6. The van der Waals surface area contributed by atoms with Gasteiger partial charge in [-0.3, -0.25) is 19.3 Å². The summed E-state index contributed by atoms with van der Waals surface area (Å²) in [5.74, 6) is -2.43. The Balaban J connectivity index is 1.36. The number of ether oxygens (including phenoxy) is 3. The van der Waals surface area contributed by atoms with Crippen LogP contribution in [-0.4, -0.2) is 89.5 Å².